The van der Waals surface area contributed by atoms with Crippen molar-refractivity contribution in [3.8, 4) is 0 Å². The second-order valence-electron chi connectivity index (χ2n) is 4.58. The summed E-state index contributed by atoms with van der Waals surface area (Å²) in [6.07, 6.45) is 0. The van der Waals surface area contributed by atoms with E-state index in [1.54, 1.807) is 0 Å². The smallest absolute Gasteiger partial charge is 0.230 e. The molecule has 1 amide bonds. The van der Waals surface area contributed by atoms with Gasteiger partial charge in [0.15, 0.2) is 0 Å². The molecule has 0 unspecified atom stereocenters. The Balaban J connectivity index is 2.45. The molecule has 0 saturated heterocycles. The van der Waals surface area contributed by atoms with E-state index in [0.29, 0.717) is 19.8 Å². The van der Waals surface area contributed by atoms with Crippen molar-refractivity contribution in [3.63, 3.8) is 0 Å². The molecule has 100 valence electrons. The minimum Gasteiger partial charge on any atom is -0.394 e. The molecule has 4 nitrogen and oxygen atoms in total. The van der Waals surface area contributed by atoms with E-state index >= 15 is 0 Å². The molecule has 0 aliphatic rings. The van der Waals surface area contributed by atoms with Gasteiger partial charge in [-0.15, -0.1) is 0 Å². The monoisotopic (exact) mass is 251 g/mol. The molecule has 0 aromatic heterocycles. The van der Waals surface area contributed by atoms with Gasteiger partial charge in [-0.3, -0.25) is 4.79 Å². The summed E-state index contributed by atoms with van der Waals surface area (Å²) in [5.74, 6) is -0.0266. The van der Waals surface area contributed by atoms with Gasteiger partial charge in [0.1, 0.15) is 0 Å². The Morgan fingerprint density at radius 3 is 2.56 bits per heavy atom. The summed E-state index contributed by atoms with van der Waals surface area (Å²) in [5.41, 5.74) is 0.428. The van der Waals surface area contributed by atoms with Crippen LogP contribution in [0.5, 0.6) is 0 Å². The Morgan fingerprint density at radius 2 is 1.94 bits per heavy atom. The lowest BCUT2D eigenvalue weighted by Gasteiger charge is -2.24. The number of amides is 1. The first-order chi connectivity index (χ1) is 8.59. The number of benzene rings is 1. The maximum Gasteiger partial charge on any atom is 0.230 e. The van der Waals surface area contributed by atoms with Crippen LogP contribution < -0.4 is 5.32 Å². The SMILES string of the molecule is CC(C)(C(=O)NCCOCCO)c1ccccc1. The lowest BCUT2D eigenvalue weighted by molar-refractivity contribution is -0.125. The summed E-state index contributed by atoms with van der Waals surface area (Å²) in [6, 6.07) is 9.67. The molecule has 4 heteroatoms. The molecule has 0 bridgehead atoms. The number of hydrogen-bond acceptors (Lipinski definition) is 3. The third kappa shape index (κ3) is 4.13. The third-order valence-electron chi connectivity index (χ3n) is 2.83. The Labute approximate surface area is 108 Å². The molecule has 1 aromatic rings. The van der Waals surface area contributed by atoms with Crippen molar-refractivity contribution >= 4 is 5.91 Å². The number of carbonyl (C=O) groups is 1. The van der Waals surface area contributed by atoms with Gasteiger partial charge in [0.05, 0.1) is 25.2 Å². The molecule has 1 aromatic carbocycles. The first-order valence-electron chi connectivity index (χ1n) is 6.11. The number of aliphatic hydroxyl groups excluding tert-OH is 1. The molecule has 0 saturated carbocycles. The third-order valence-corrected chi connectivity index (χ3v) is 2.83. The standard InChI is InChI=1S/C14H21NO3/c1-14(2,12-6-4-3-5-7-12)13(17)15-8-10-18-11-9-16/h3-7,16H,8-11H2,1-2H3,(H,15,17). The zero-order valence-corrected chi connectivity index (χ0v) is 11.0. The lowest BCUT2D eigenvalue weighted by atomic mass is 9.84. The van der Waals surface area contributed by atoms with Crippen LogP contribution in [0.1, 0.15) is 19.4 Å². The number of aliphatic hydroxyl groups is 1. The van der Waals surface area contributed by atoms with E-state index < -0.39 is 5.41 Å². The lowest BCUT2D eigenvalue weighted by Crippen LogP contribution is -2.41. The maximum atomic E-state index is 12.1. The minimum absolute atomic E-state index is 0.00343. The fourth-order valence-electron chi connectivity index (χ4n) is 1.61. The van der Waals surface area contributed by atoms with Crippen LogP contribution in [0.2, 0.25) is 0 Å². The van der Waals surface area contributed by atoms with Crippen LogP contribution in [0.4, 0.5) is 0 Å². The predicted molar refractivity (Wildman–Crippen MR) is 70.4 cm³/mol. The highest BCUT2D eigenvalue weighted by Gasteiger charge is 2.28. The van der Waals surface area contributed by atoms with E-state index in [2.05, 4.69) is 5.32 Å². The number of rotatable bonds is 7. The van der Waals surface area contributed by atoms with Gasteiger partial charge in [-0.2, -0.15) is 0 Å². The van der Waals surface area contributed by atoms with Gasteiger partial charge in [0.2, 0.25) is 5.91 Å². The molecule has 0 fully saturated rings. The molecule has 0 aliphatic carbocycles. The summed E-state index contributed by atoms with van der Waals surface area (Å²) in [7, 11) is 0. The van der Waals surface area contributed by atoms with Crippen molar-refractivity contribution < 1.29 is 14.6 Å². The molecule has 1 rings (SSSR count). The van der Waals surface area contributed by atoms with E-state index in [-0.39, 0.29) is 12.5 Å². The fourth-order valence-corrected chi connectivity index (χ4v) is 1.61. The van der Waals surface area contributed by atoms with E-state index in [1.807, 2.05) is 44.2 Å². The first-order valence-corrected chi connectivity index (χ1v) is 6.11. The highest BCUT2D eigenvalue weighted by Crippen LogP contribution is 2.22. The number of hydrogen-bond donors (Lipinski definition) is 2. The maximum absolute atomic E-state index is 12.1. The van der Waals surface area contributed by atoms with Crippen LogP contribution >= 0.6 is 0 Å². The van der Waals surface area contributed by atoms with Gasteiger partial charge in [-0.25, -0.2) is 0 Å². The minimum atomic E-state index is -0.557. The van der Waals surface area contributed by atoms with Crippen molar-refractivity contribution in [1.29, 1.82) is 0 Å². The first kappa shape index (κ1) is 14.7. The van der Waals surface area contributed by atoms with Crippen LogP contribution in [0.3, 0.4) is 0 Å². The van der Waals surface area contributed by atoms with Crippen LogP contribution in [0, 0.1) is 0 Å². The predicted octanol–water partition coefficient (Wildman–Crippen LogP) is 1.09. The second-order valence-corrected chi connectivity index (χ2v) is 4.58. The largest absolute Gasteiger partial charge is 0.394 e. The Bertz CT molecular complexity index is 363. The molecule has 0 atom stereocenters. The van der Waals surface area contributed by atoms with Crippen molar-refractivity contribution in [2.45, 2.75) is 19.3 Å². The van der Waals surface area contributed by atoms with Gasteiger partial charge in [0, 0.05) is 6.54 Å². The Hall–Kier alpha value is -1.39. The quantitative estimate of drug-likeness (QED) is 0.713. The number of carbonyl (C=O) groups excluding carboxylic acids is 1. The number of ether oxygens (including phenoxy) is 1. The highest BCUT2D eigenvalue weighted by molar-refractivity contribution is 5.87. The molecule has 2 N–H and O–H groups in total. The van der Waals surface area contributed by atoms with Gasteiger partial charge in [0.25, 0.3) is 0 Å². The Kier molecular flexibility index (Phi) is 5.82. The van der Waals surface area contributed by atoms with Crippen molar-refractivity contribution in [1.82, 2.24) is 5.32 Å². The summed E-state index contributed by atoms with van der Waals surface area (Å²) in [5, 5.41) is 11.4. The zero-order valence-electron chi connectivity index (χ0n) is 11.0. The molecule has 18 heavy (non-hydrogen) atoms. The van der Waals surface area contributed by atoms with Crippen molar-refractivity contribution in [2.75, 3.05) is 26.4 Å². The second kappa shape index (κ2) is 7.13. The van der Waals surface area contributed by atoms with Crippen molar-refractivity contribution in [2.24, 2.45) is 0 Å². The van der Waals surface area contributed by atoms with Gasteiger partial charge in [-0.05, 0) is 19.4 Å². The zero-order chi connectivity index (χ0) is 13.4. The van der Waals surface area contributed by atoms with Gasteiger partial charge < -0.3 is 15.2 Å². The van der Waals surface area contributed by atoms with Crippen LogP contribution in [0.25, 0.3) is 0 Å². The average molecular weight is 251 g/mol. The van der Waals surface area contributed by atoms with E-state index in [0.717, 1.165) is 5.56 Å². The average Bonchev–Trinajstić information content (AvgIpc) is 2.39. The van der Waals surface area contributed by atoms with Crippen LogP contribution in [-0.2, 0) is 14.9 Å². The molecular weight excluding hydrogens is 230 g/mol. The summed E-state index contributed by atoms with van der Waals surface area (Å²) >= 11 is 0. The Morgan fingerprint density at radius 1 is 1.28 bits per heavy atom. The topological polar surface area (TPSA) is 58.6 Å². The fraction of sp³-hybridized carbons (Fsp3) is 0.500. The van der Waals surface area contributed by atoms with Crippen LogP contribution in [0.15, 0.2) is 30.3 Å². The summed E-state index contributed by atoms with van der Waals surface area (Å²) in [4.78, 5) is 12.1. The van der Waals surface area contributed by atoms with Gasteiger partial charge >= 0.3 is 0 Å². The van der Waals surface area contributed by atoms with E-state index in [1.165, 1.54) is 0 Å². The van der Waals surface area contributed by atoms with Crippen LogP contribution in [-0.4, -0.2) is 37.4 Å². The summed E-state index contributed by atoms with van der Waals surface area (Å²) in [6.45, 7) is 4.96. The molecule has 0 aliphatic heterocycles. The van der Waals surface area contributed by atoms with E-state index in [4.69, 9.17) is 9.84 Å². The molecule has 0 heterocycles. The number of nitrogens with one attached hydrogen (secondary N) is 1. The molecular formula is C14H21NO3. The highest BCUT2D eigenvalue weighted by atomic mass is 16.5. The molecule has 0 spiro atoms. The van der Waals surface area contributed by atoms with Gasteiger partial charge in [-0.1, -0.05) is 30.3 Å². The normalized spacial score (nSPS) is 11.3. The summed E-state index contributed by atoms with van der Waals surface area (Å²) < 4.78 is 5.09. The van der Waals surface area contributed by atoms with Crippen molar-refractivity contribution in [3.05, 3.63) is 35.9 Å². The molecule has 0 radical (unpaired) electrons. The van der Waals surface area contributed by atoms with E-state index in [9.17, 15) is 4.79 Å².